The lowest BCUT2D eigenvalue weighted by molar-refractivity contribution is -0.161. The minimum atomic E-state index is -0.789. The minimum Gasteiger partial charge on any atom is -0.469 e. The Morgan fingerprint density at radius 3 is 2.48 bits per heavy atom. The second-order valence-corrected chi connectivity index (χ2v) is 7.53. The molecule has 1 aliphatic carbocycles. The molecule has 1 saturated heterocycles. The number of carbonyl (C=O) groups excluding carboxylic acids is 3. The van der Waals surface area contributed by atoms with E-state index in [4.69, 9.17) is 4.74 Å². The van der Waals surface area contributed by atoms with E-state index in [1.165, 1.54) is 31.3 Å². The third-order valence-corrected chi connectivity index (χ3v) is 5.61. The molecule has 0 aromatic heterocycles. The van der Waals surface area contributed by atoms with Crippen LogP contribution >= 0.6 is 0 Å². The Morgan fingerprint density at radius 1 is 1.11 bits per heavy atom. The standard InChI is InChI=1S/C21H28N2O4/c1-27-20(25)12-18-21(26)22(13-16-8-4-2-5-9-16)15-19(24)23(18)14-17-10-6-3-7-11-17/h3,6-7,10-11,16,18H,2,4-5,8-9,12-15H2,1H3/t18-/m0/s1. The Balaban J connectivity index is 1.76. The minimum absolute atomic E-state index is 0.0971. The molecule has 0 radical (unpaired) electrons. The van der Waals surface area contributed by atoms with Crippen molar-refractivity contribution in [1.29, 1.82) is 0 Å². The normalized spacial score (nSPS) is 21.4. The molecule has 1 aromatic rings. The molecule has 1 atom stereocenters. The smallest absolute Gasteiger partial charge is 0.308 e. The molecule has 6 heteroatoms. The van der Waals surface area contributed by atoms with Crippen LogP contribution in [-0.4, -0.2) is 53.8 Å². The summed E-state index contributed by atoms with van der Waals surface area (Å²) >= 11 is 0. The molecule has 27 heavy (non-hydrogen) atoms. The average molecular weight is 372 g/mol. The number of esters is 1. The molecule has 0 N–H and O–H groups in total. The monoisotopic (exact) mass is 372 g/mol. The van der Waals surface area contributed by atoms with Crippen LogP contribution in [-0.2, 0) is 25.7 Å². The lowest BCUT2D eigenvalue weighted by atomic mass is 9.88. The number of ether oxygens (including phenoxy) is 1. The molecule has 0 unspecified atom stereocenters. The quantitative estimate of drug-likeness (QED) is 0.719. The van der Waals surface area contributed by atoms with E-state index in [1.54, 1.807) is 4.90 Å². The zero-order valence-electron chi connectivity index (χ0n) is 15.9. The topological polar surface area (TPSA) is 66.9 Å². The SMILES string of the molecule is COC(=O)C[C@H]1C(=O)N(CC2CCCCC2)CC(=O)N1Cc1ccccc1. The van der Waals surface area contributed by atoms with Crippen LogP contribution in [0.3, 0.4) is 0 Å². The summed E-state index contributed by atoms with van der Waals surface area (Å²) in [6.45, 7) is 1.03. The summed E-state index contributed by atoms with van der Waals surface area (Å²) in [6, 6.07) is 8.75. The van der Waals surface area contributed by atoms with Crippen molar-refractivity contribution in [3.63, 3.8) is 0 Å². The van der Waals surface area contributed by atoms with Crippen LogP contribution in [0.2, 0.25) is 0 Å². The van der Waals surface area contributed by atoms with E-state index in [-0.39, 0.29) is 24.8 Å². The van der Waals surface area contributed by atoms with Gasteiger partial charge in [0.1, 0.15) is 6.04 Å². The zero-order valence-corrected chi connectivity index (χ0v) is 15.9. The van der Waals surface area contributed by atoms with E-state index in [0.29, 0.717) is 19.0 Å². The van der Waals surface area contributed by atoms with Crippen molar-refractivity contribution in [2.24, 2.45) is 5.92 Å². The van der Waals surface area contributed by atoms with Gasteiger partial charge in [-0.2, -0.15) is 0 Å². The lowest BCUT2D eigenvalue weighted by Crippen LogP contribution is -2.60. The van der Waals surface area contributed by atoms with E-state index >= 15 is 0 Å². The van der Waals surface area contributed by atoms with Gasteiger partial charge in [0.2, 0.25) is 11.8 Å². The summed E-state index contributed by atoms with van der Waals surface area (Å²) in [5.41, 5.74) is 0.939. The number of nitrogens with zero attached hydrogens (tertiary/aromatic N) is 2. The van der Waals surface area contributed by atoms with Gasteiger partial charge in [0.25, 0.3) is 0 Å². The molecule has 6 nitrogen and oxygen atoms in total. The van der Waals surface area contributed by atoms with Crippen molar-refractivity contribution in [2.75, 3.05) is 20.2 Å². The van der Waals surface area contributed by atoms with Crippen LogP contribution in [0.25, 0.3) is 0 Å². The molecule has 1 heterocycles. The molecule has 146 valence electrons. The molecule has 2 amide bonds. The molecule has 1 aromatic carbocycles. The predicted octanol–water partition coefficient (Wildman–Crippen LogP) is 2.37. The molecule has 1 aliphatic heterocycles. The summed E-state index contributed by atoms with van der Waals surface area (Å²) in [6.07, 6.45) is 5.73. The fourth-order valence-electron chi connectivity index (χ4n) is 4.10. The van der Waals surface area contributed by atoms with E-state index in [2.05, 4.69) is 0 Å². The third-order valence-electron chi connectivity index (χ3n) is 5.61. The number of benzene rings is 1. The van der Waals surface area contributed by atoms with Crippen LogP contribution in [0.1, 0.15) is 44.1 Å². The second kappa shape index (κ2) is 9.02. The Kier molecular flexibility index (Phi) is 6.48. The van der Waals surface area contributed by atoms with Crippen molar-refractivity contribution in [3.05, 3.63) is 35.9 Å². The first-order chi connectivity index (χ1) is 13.1. The highest BCUT2D eigenvalue weighted by Gasteiger charge is 2.41. The molecular weight excluding hydrogens is 344 g/mol. The van der Waals surface area contributed by atoms with Gasteiger partial charge in [-0.05, 0) is 24.3 Å². The summed E-state index contributed by atoms with van der Waals surface area (Å²) in [4.78, 5) is 41.1. The summed E-state index contributed by atoms with van der Waals surface area (Å²) < 4.78 is 4.77. The van der Waals surface area contributed by atoms with Crippen molar-refractivity contribution in [1.82, 2.24) is 9.80 Å². The first-order valence-corrected chi connectivity index (χ1v) is 9.77. The predicted molar refractivity (Wildman–Crippen MR) is 101 cm³/mol. The highest BCUT2D eigenvalue weighted by molar-refractivity contribution is 5.97. The highest BCUT2D eigenvalue weighted by atomic mass is 16.5. The van der Waals surface area contributed by atoms with Gasteiger partial charge in [-0.1, -0.05) is 49.6 Å². The molecule has 1 saturated carbocycles. The molecule has 0 bridgehead atoms. The Morgan fingerprint density at radius 2 is 1.81 bits per heavy atom. The average Bonchev–Trinajstić information content (AvgIpc) is 2.70. The fourth-order valence-corrected chi connectivity index (χ4v) is 4.10. The Bertz CT molecular complexity index is 670. The molecular formula is C21H28N2O4. The summed E-state index contributed by atoms with van der Waals surface area (Å²) in [5.74, 6) is -0.265. The van der Waals surface area contributed by atoms with Crippen molar-refractivity contribution in [3.8, 4) is 0 Å². The summed E-state index contributed by atoms with van der Waals surface area (Å²) in [7, 11) is 1.30. The number of rotatable bonds is 6. The van der Waals surface area contributed by atoms with Crippen LogP contribution in [0.15, 0.2) is 30.3 Å². The van der Waals surface area contributed by atoms with Crippen molar-refractivity contribution in [2.45, 2.75) is 51.1 Å². The molecule has 2 aliphatic rings. The number of hydrogen-bond acceptors (Lipinski definition) is 4. The van der Waals surface area contributed by atoms with Gasteiger partial charge < -0.3 is 14.5 Å². The molecule has 3 rings (SSSR count). The number of hydrogen-bond donors (Lipinski definition) is 0. The first-order valence-electron chi connectivity index (χ1n) is 9.77. The van der Waals surface area contributed by atoms with Crippen molar-refractivity contribution < 1.29 is 19.1 Å². The first kappa shape index (κ1) is 19.4. The second-order valence-electron chi connectivity index (χ2n) is 7.53. The molecule has 0 spiro atoms. The third kappa shape index (κ3) is 4.87. The van der Waals surface area contributed by atoms with Crippen LogP contribution in [0.5, 0.6) is 0 Å². The number of piperazine rings is 1. The Labute approximate surface area is 160 Å². The van der Waals surface area contributed by atoms with E-state index in [1.807, 2.05) is 30.3 Å². The van der Waals surface area contributed by atoms with Gasteiger partial charge in [0, 0.05) is 13.1 Å². The van der Waals surface area contributed by atoms with Gasteiger partial charge in [-0.15, -0.1) is 0 Å². The zero-order chi connectivity index (χ0) is 19.2. The van der Waals surface area contributed by atoms with E-state index in [9.17, 15) is 14.4 Å². The molecule has 2 fully saturated rings. The fraction of sp³-hybridized carbons (Fsp3) is 0.571. The largest absolute Gasteiger partial charge is 0.469 e. The summed E-state index contributed by atoms with van der Waals surface area (Å²) in [5, 5.41) is 0. The van der Waals surface area contributed by atoms with Crippen LogP contribution in [0, 0.1) is 5.92 Å². The van der Waals surface area contributed by atoms with E-state index in [0.717, 1.165) is 18.4 Å². The van der Waals surface area contributed by atoms with Crippen LogP contribution in [0.4, 0.5) is 0 Å². The number of amides is 2. The van der Waals surface area contributed by atoms with E-state index < -0.39 is 12.0 Å². The lowest BCUT2D eigenvalue weighted by Gasteiger charge is -2.41. The maximum atomic E-state index is 13.1. The van der Waals surface area contributed by atoms with Crippen LogP contribution < -0.4 is 0 Å². The maximum absolute atomic E-state index is 13.1. The van der Waals surface area contributed by atoms with Gasteiger partial charge in [-0.3, -0.25) is 14.4 Å². The Hall–Kier alpha value is -2.37. The highest BCUT2D eigenvalue weighted by Crippen LogP contribution is 2.27. The van der Waals surface area contributed by atoms with Crippen molar-refractivity contribution >= 4 is 17.8 Å². The number of methoxy groups -OCH3 is 1. The number of carbonyl (C=O) groups is 3. The van der Waals surface area contributed by atoms with Gasteiger partial charge in [-0.25, -0.2) is 0 Å². The maximum Gasteiger partial charge on any atom is 0.308 e. The van der Waals surface area contributed by atoms with Gasteiger partial charge in [0.15, 0.2) is 0 Å². The van der Waals surface area contributed by atoms with Gasteiger partial charge >= 0.3 is 5.97 Å². The van der Waals surface area contributed by atoms with Gasteiger partial charge in [0.05, 0.1) is 20.1 Å².